The van der Waals surface area contributed by atoms with Gasteiger partial charge in [-0.05, 0) is 37.0 Å². The summed E-state index contributed by atoms with van der Waals surface area (Å²) in [6.07, 6.45) is 9.02. The second kappa shape index (κ2) is 6.78. The van der Waals surface area contributed by atoms with Crippen molar-refractivity contribution in [2.24, 2.45) is 0 Å². The zero-order valence-corrected chi connectivity index (χ0v) is 11.1. The molecular weight excluding hydrogens is 262 g/mol. The molecule has 1 aliphatic rings. The van der Waals surface area contributed by atoms with Crippen molar-refractivity contribution in [3.05, 3.63) is 28.1 Å². The molecule has 8 heteroatoms. The van der Waals surface area contributed by atoms with Gasteiger partial charge in [0, 0.05) is 11.6 Å². The van der Waals surface area contributed by atoms with Crippen molar-refractivity contribution in [1.82, 2.24) is 20.1 Å². The molecular formula is C12H17N5O3. The van der Waals surface area contributed by atoms with E-state index in [-0.39, 0.29) is 12.5 Å². The Hall–Kier alpha value is -2.25. The average molecular weight is 279 g/mol. The third kappa shape index (κ3) is 4.15. The standard InChI is InChI=1S/C12H17N5O3/c18-11(8-16-9-14-12(15-16)17(19)20)13-7-6-10-4-2-1-3-5-10/h4,9H,1-3,5-8H2,(H,13,18). The number of nitrogens with zero attached hydrogens (tertiary/aromatic N) is 4. The Kier molecular flexibility index (Phi) is 4.80. The number of nitrogens with one attached hydrogen (secondary N) is 1. The van der Waals surface area contributed by atoms with Gasteiger partial charge in [0.2, 0.25) is 12.2 Å². The zero-order valence-electron chi connectivity index (χ0n) is 11.1. The van der Waals surface area contributed by atoms with Crippen LogP contribution in [0.25, 0.3) is 0 Å². The number of carbonyl (C=O) groups is 1. The summed E-state index contributed by atoms with van der Waals surface area (Å²) in [6, 6.07) is 0. The fourth-order valence-corrected chi connectivity index (χ4v) is 2.14. The molecule has 1 aromatic rings. The summed E-state index contributed by atoms with van der Waals surface area (Å²) in [5.74, 6) is -0.716. The van der Waals surface area contributed by atoms with Gasteiger partial charge in [-0.25, -0.2) is 0 Å². The van der Waals surface area contributed by atoms with Crippen molar-refractivity contribution in [3.63, 3.8) is 0 Å². The van der Waals surface area contributed by atoms with Crippen molar-refractivity contribution in [3.8, 4) is 0 Å². The molecule has 1 heterocycles. The summed E-state index contributed by atoms with van der Waals surface area (Å²) >= 11 is 0. The van der Waals surface area contributed by atoms with Gasteiger partial charge in [0.25, 0.3) is 0 Å². The second-order valence-electron chi connectivity index (χ2n) is 4.71. The van der Waals surface area contributed by atoms with Crippen LogP contribution in [0.3, 0.4) is 0 Å². The van der Waals surface area contributed by atoms with E-state index < -0.39 is 10.9 Å². The quantitative estimate of drug-likeness (QED) is 0.478. The van der Waals surface area contributed by atoms with Crippen LogP contribution >= 0.6 is 0 Å². The van der Waals surface area contributed by atoms with Crippen molar-refractivity contribution < 1.29 is 9.72 Å². The molecule has 0 atom stereocenters. The molecule has 1 N–H and O–H groups in total. The van der Waals surface area contributed by atoms with Gasteiger partial charge in [-0.2, -0.15) is 4.68 Å². The Morgan fingerprint density at radius 3 is 3.00 bits per heavy atom. The highest BCUT2D eigenvalue weighted by atomic mass is 16.6. The third-order valence-electron chi connectivity index (χ3n) is 3.15. The van der Waals surface area contributed by atoms with Crippen molar-refractivity contribution >= 4 is 11.9 Å². The van der Waals surface area contributed by atoms with Crippen LogP contribution in [0.2, 0.25) is 0 Å². The lowest BCUT2D eigenvalue weighted by Gasteiger charge is -2.12. The Morgan fingerprint density at radius 1 is 1.50 bits per heavy atom. The number of aromatic nitrogens is 3. The summed E-state index contributed by atoms with van der Waals surface area (Å²) in [5.41, 5.74) is 1.40. The number of rotatable bonds is 6. The fourth-order valence-electron chi connectivity index (χ4n) is 2.14. The first kappa shape index (κ1) is 14.2. The van der Waals surface area contributed by atoms with Gasteiger partial charge >= 0.3 is 5.95 Å². The van der Waals surface area contributed by atoms with Crippen molar-refractivity contribution in [2.75, 3.05) is 6.54 Å². The van der Waals surface area contributed by atoms with E-state index in [9.17, 15) is 14.9 Å². The number of carbonyl (C=O) groups excluding carboxylic acids is 1. The molecule has 0 bridgehead atoms. The van der Waals surface area contributed by atoms with Crippen LogP contribution in [-0.4, -0.2) is 32.1 Å². The highest BCUT2D eigenvalue weighted by Gasteiger charge is 2.15. The monoisotopic (exact) mass is 279 g/mol. The molecule has 0 radical (unpaired) electrons. The van der Waals surface area contributed by atoms with Crippen LogP contribution in [0.15, 0.2) is 18.0 Å². The highest BCUT2D eigenvalue weighted by Crippen LogP contribution is 2.19. The van der Waals surface area contributed by atoms with Crippen LogP contribution in [0.1, 0.15) is 32.1 Å². The van der Waals surface area contributed by atoms with E-state index in [2.05, 4.69) is 21.5 Å². The minimum absolute atomic E-state index is 0.0557. The van der Waals surface area contributed by atoms with Crippen LogP contribution in [-0.2, 0) is 11.3 Å². The molecule has 0 aromatic carbocycles. The minimum atomic E-state index is -0.691. The summed E-state index contributed by atoms with van der Waals surface area (Å²) in [5, 5.41) is 16.8. The maximum atomic E-state index is 11.6. The summed E-state index contributed by atoms with van der Waals surface area (Å²) < 4.78 is 1.16. The molecule has 1 aliphatic carbocycles. The first-order chi connectivity index (χ1) is 9.65. The van der Waals surface area contributed by atoms with Gasteiger partial charge in [0.15, 0.2) is 0 Å². The Balaban J connectivity index is 1.71. The molecule has 0 unspecified atom stereocenters. The minimum Gasteiger partial charge on any atom is -0.390 e. The van der Waals surface area contributed by atoms with Crippen molar-refractivity contribution in [1.29, 1.82) is 0 Å². The SMILES string of the molecule is O=C(Cn1cnc([N+](=O)[O-])n1)NCCC1=CCCCC1. The molecule has 8 nitrogen and oxygen atoms in total. The fraction of sp³-hybridized carbons (Fsp3) is 0.583. The number of hydrogen-bond donors (Lipinski definition) is 1. The van der Waals surface area contributed by atoms with E-state index in [0.29, 0.717) is 6.54 Å². The smallest absolute Gasteiger partial charge is 0.390 e. The summed E-state index contributed by atoms with van der Waals surface area (Å²) in [6.45, 7) is 0.529. The summed E-state index contributed by atoms with van der Waals surface area (Å²) in [4.78, 5) is 24.8. The first-order valence-corrected chi connectivity index (χ1v) is 6.63. The molecule has 1 aromatic heterocycles. The van der Waals surface area contributed by atoms with Gasteiger partial charge in [0.1, 0.15) is 6.54 Å². The molecule has 0 aliphatic heterocycles. The Morgan fingerprint density at radius 2 is 2.35 bits per heavy atom. The molecule has 0 spiro atoms. The molecule has 1 amide bonds. The largest absolute Gasteiger partial charge is 0.490 e. The van der Waals surface area contributed by atoms with E-state index in [1.165, 1.54) is 24.7 Å². The Bertz CT molecular complexity index is 523. The lowest BCUT2D eigenvalue weighted by molar-refractivity contribution is -0.394. The number of hydrogen-bond acceptors (Lipinski definition) is 5. The van der Waals surface area contributed by atoms with E-state index >= 15 is 0 Å². The molecule has 0 fully saturated rings. The topological polar surface area (TPSA) is 103 Å². The molecule has 0 saturated heterocycles. The van der Waals surface area contributed by atoms with E-state index in [1.807, 2.05) is 0 Å². The van der Waals surface area contributed by atoms with Crippen LogP contribution in [0.5, 0.6) is 0 Å². The number of nitro groups is 1. The molecule has 0 saturated carbocycles. The lowest BCUT2D eigenvalue weighted by Crippen LogP contribution is -2.29. The predicted molar refractivity (Wildman–Crippen MR) is 70.9 cm³/mol. The zero-order chi connectivity index (χ0) is 14.4. The third-order valence-corrected chi connectivity index (χ3v) is 3.15. The second-order valence-corrected chi connectivity index (χ2v) is 4.71. The van der Waals surface area contributed by atoms with E-state index in [1.54, 1.807) is 0 Å². The normalized spacial score (nSPS) is 14.7. The predicted octanol–water partition coefficient (Wildman–Crippen LogP) is 1.19. The maximum Gasteiger partial charge on any atom is 0.490 e. The van der Waals surface area contributed by atoms with Gasteiger partial charge in [-0.3, -0.25) is 4.79 Å². The van der Waals surface area contributed by atoms with E-state index in [4.69, 9.17) is 0 Å². The molecule has 2 rings (SSSR count). The van der Waals surface area contributed by atoms with Crippen molar-refractivity contribution in [2.45, 2.75) is 38.6 Å². The van der Waals surface area contributed by atoms with Crippen LogP contribution < -0.4 is 5.32 Å². The van der Waals surface area contributed by atoms with Gasteiger partial charge in [-0.15, -0.1) is 0 Å². The number of allylic oxidation sites excluding steroid dienone is 1. The summed E-state index contributed by atoms with van der Waals surface area (Å²) in [7, 11) is 0. The van der Waals surface area contributed by atoms with Gasteiger partial charge in [-0.1, -0.05) is 16.6 Å². The average Bonchev–Trinajstić information content (AvgIpc) is 2.88. The Labute approximate surface area is 116 Å². The van der Waals surface area contributed by atoms with Crippen LogP contribution in [0, 0.1) is 10.1 Å². The van der Waals surface area contributed by atoms with Gasteiger partial charge < -0.3 is 15.4 Å². The number of amides is 1. The maximum absolute atomic E-state index is 11.6. The van der Waals surface area contributed by atoms with E-state index in [0.717, 1.165) is 23.9 Å². The lowest BCUT2D eigenvalue weighted by atomic mass is 9.97. The van der Waals surface area contributed by atoms with Crippen LogP contribution in [0.4, 0.5) is 5.95 Å². The molecule has 108 valence electrons. The first-order valence-electron chi connectivity index (χ1n) is 6.63. The highest BCUT2D eigenvalue weighted by molar-refractivity contribution is 5.75. The van der Waals surface area contributed by atoms with Gasteiger partial charge in [0.05, 0.1) is 0 Å². The molecule has 20 heavy (non-hydrogen) atoms.